The summed E-state index contributed by atoms with van der Waals surface area (Å²) in [5.74, 6) is 1.75. The molecule has 126 valence electrons. The number of rotatable bonds is 6. The highest BCUT2D eigenvalue weighted by Gasteiger charge is 2.18. The number of hydrogen-bond donors (Lipinski definition) is 2. The predicted molar refractivity (Wildman–Crippen MR) is 107 cm³/mol. The van der Waals surface area contributed by atoms with E-state index in [9.17, 15) is 0 Å². The molecule has 4 nitrogen and oxygen atoms in total. The first-order valence-electron chi connectivity index (χ1n) is 7.72. The van der Waals surface area contributed by atoms with Crippen molar-refractivity contribution in [2.24, 2.45) is 10.9 Å². The van der Waals surface area contributed by atoms with E-state index in [-0.39, 0.29) is 28.7 Å². The summed E-state index contributed by atoms with van der Waals surface area (Å²) in [5, 5.41) is 6.86. The number of nitrogens with one attached hydrogen (secondary N) is 2. The van der Waals surface area contributed by atoms with Gasteiger partial charge >= 0.3 is 0 Å². The number of thioether (sulfide) groups is 1. The number of guanidine groups is 1. The molecule has 2 N–H and O–H groups in total. The fourth-order valence-corrected chi connectivity index (χ4v) is 2.38. The molecule has 6 heteroatoms. The van der Waals surface area contributed by atoms with Crippen LogP contribution in [0.25, 0.3) is 0 Å². The van der Waals surface area contributed by atoms with Crippen molar-refractivity contribution in [1.29, 1.82) is 0 Å². The van der Waals surface area contributed by atoms with E-state index < -0.39 is 0 Å². The molecule has 1 aliphatic heterocycles. The molecular formula is C15H33IN4S. The average molecular weight is 428 g/mol. The Kier molecular flexibility index (Phi) is 11.1. The summed E-state index contributed by atoms with van der Waals surface area (Å²) in [5.41, 5.74) is 0. The highest BCUT2D eigenvalue weighted by atomic mass is 127. The molecule has 1 rings (SSSR count). The van der Waals surface area contributed by atoms with Crippen LogP contribution in [0.2, 0.25) is 0 Å². The Hall–Kier alpha value is 0.310. The summed E-state index contributed by atoms with van der Waals surface area (Å²) in [7, 11) is 2.21. The van der Waals surface area contributed by atoms with E-state index in [1.165, 1.54) is 25.9 Å². The van der Waals surface area contributed by atoms with Gasteiger partial charge in [-0.25, -0.2) is 0 Å². The zero-order chi connectivity index (χ0) is 15.0. The summed E-state index contributed by atoms with van der Waals surface area (Å²) in [6.07, 6.45) is 4.73. The first kappa shape index (κ1) is 21.3. The summed E-state index contributed by atoms with van der Waals surface area (Å²) in [4.78, 5) is 7.13. The molecule has 0 aromatic rings. The van der Waals surface area contributed by atoms with Gasteiger partial charge in [-0.2, -0.15) is 11.8 Å². The lowest BCUT2D eigenvalue weighted by atomic mass is 9.97. The topological polar surface area (TPSA) is 39.7 Å². The van der Waals surface area contributed by atoms with Crippen LogP contribution in [0.1, 0.15) is 33.6 Å². The molecule has 1 aliphatic rings. The fraction of sp³-hybridized carbons (Fsp3) is 0.933. The van der Waals surface area contributed by atoms with Gasteiger partial charge in [0.2, 0.25) is 0 Å². The van der Waals surface area contributed by atoms with E-state index in [0.29, 0.717) is 0 Å². The second-order valence-electron chi connectivity index (χ2n) is 6.29. The lowest BCUT2D eigenvalue weighted by molar-refractivity contribution is 0.220. The molecule has 0 atom stereocenters. The third kappa shape index (κ3) is 9.13. The van der Waals surface area contributed by atoms with Crippen LogP contribution in [-0.2, 0) is 0 Å². The van der Waals surface area contributed by atoms with E-state index in [1.807, 2.05) is 11.8 Å². The molecule has 1 saturated heterocycles. The summed E-state index contributed by atoms with van der Waals surface area (Å²) in [6, 6.07) is 0. The van der Waals surface area contributed by atoms with Crippen LogP contribution in [0.3, 0.4) is 0 Å². The van der Waals surface area contributed by atoms with E-state index in [2.05, 4.69) is 49.6 Å². The van der Waals surface area contributed by atoms with Crippen molar-refractivity contribution in [1.82, 2.24) is 15.5 Å². The minimum absolute atomic E-state index is 0. The van der Waals surface area contributed by atoms with Crippen LogP contribution in [-0.4, -0.2) is 61.6 Å². The molecule has 0 unspecified atom stereocenters. The van der Waals surface area contributed by atoms with Crippen molar-refractivity contribution >= 4 is 41.7 Å². The van der Waals surface area contributed by atoms with Crippen LogP contribution >= 0.6 is 35.7 Å². The van der Waals surface area contributed by atoms with Gasteiger partial charge in [0.1, 0.15) is 0 Å². The molecule has 0 saturated carbocycles. The highest BCUT2D eigenvalue weighted by molar-refractivity contribution is 14.0. The number of halogens is 1. The lowest BCUT2D eigenvalue weighted by Crippen LogP contribution is -2.42. The maximum absolute atomic E-state index is 4.72. The third-order valence-electron chi connectivity index (χ3n) is 3.91. The normalized spacial score (nSPS) is 18.2. The Morgan fingerprint density at radius 2 is 1.90 bits per heavy atom. The largest absolute Gasteiger partial charge is 0.357 e. The quantitative estimate of drug-likeness (QED) is 0.388. The third-order valence-corrected chi connectivity index (χ3v) is 5.15. The second-order valence-corrected chi connectivity index (χ2v) is 7.80. The van der Waals surface area contributed by atoms with Crippen molar-refractivity contribution in [2.45, 2.75) is 38.4 Å². The number of aliphatic imine (C=N–C) groups is 1. The zero-order valence-corrected chi connectivity index (χ0v) is 17.4. The van der Waals surface area contributed by atoms with Crippen LogP contribution < -0.4 is 10.6 Å². The first-order valence-corrected chi connectivity index (χ1v) is 8.95. The van der Waals surface area contributed by atoms with Gasteiger partial charge in [0.25, 0.3) is 0 Å². The Morgan fingerprint density at radius 3 is 2.43 bits per heavy atom. The van der Waals surface area contributed by atoms with Crippen molar-refractivity contribution < 1.29 is 0 Å². The Labute approximate surface area is 152 Å². The van der Waals surface area contributed by atoms with Gasteiger partial charge in [-0.15, -0.1) is 24.0 Å². The number of nitrogens with zero attached hydrogens (tertiary/aromatic N) is 2. The van der Waals surface area contributed by atoms with Gasteiger partial charge in [0, 0.05) is 17.8 Å². The zero-order valence-electron chi connectivity index (χ0n) is 14.2. The van der Waals surface area contributed by atoms with Crippen LogP contribution in [0.15, 0.2) is 4.99 Å². The van der Waals surface area contributed by atoms with Crippen LogP contribution in [0.4, 0.5) is 0 Å². The molecule has 1 heterocycles. The van der Waals surface area contributed by atoms with Gasteiger partial charge in [-0.3, -0.25) is 4.99 Å². The van der Waals surface area contributed by atoms with Crippen molar-refractivity contribution in [3.8, 4) is 0 Å². The minimum atomic E-state index is 0. The van der Waals surface area contributed by atoms with Crippen LogP contribution in [0.5, 0.6) is 0 Å². The van der Waals surface area contributed by atoms with Gasteiger partial charge < -0.3 is 15.5 Å². The van der Waals surface area contributed by atoms with Gasteiger partial charge in [0.05, 0.1) is 6.54 Å². The summed E-state index contributed by atoms with van der Waals surface area (Å²) < 4.78 is 0.204. The Balaban J connectivity index is 0.00000400. The van der Waals surface area contributed by atoms with E-state index in [1.54, 1.807) is 0 Å². The highest BCUT2D eigenvalue weighted by Crippen LogP contribution is 2.21. The molecular weight excluding hydrogens is 395 g/mol. The molecule has 1 fully saturated rings. The molecule has 0 aliphatic carbocycles. The molecule has 0 spiro atoms. The van der Waals surface area contributed by atoms with E-state index in [4.69, 9.17) is 4.99 Å². The number of piperidine rings is 1. The van der Waals surface area contributed by atoms with E-state index in [0.717, 1.165) is 31.5 Å². The first-order chi connectivity index (χ1) is 9.46. The maximum atomic E-state index is 4.72. The van der Waals surface area contributed by atoms with Gasteiger partial charge in [-0.1, -0.05) is 0 Å². The predicted octanol–water partition coefficient (Wildman–Crippen LogP) is 2.64. The molecule has 0 aromatic carbocycles. The Bertz CT molecular complexity index is 302. The minimum Gasteiger partial charge on any atom is -0.357 e. The smallest absolute Gasteiger partial charge is 0.191 e. The molecule has 0 amide bonds. The number of hydrogen-bond acceptors (Lipinski definition) is 3. The van der Waals surface area contributed by atoms with Crippen molar-refractivity contribution in [3.05, 3.63) is 0 Å². The maximum Gasteiger partial charge on any atom is 0.191 e. The second kappa shape index (κ2) is 10.9. The molecule has 0 radical (unpaired) electrons. The molecule has 0 aromatic heterocycles. The molecule has 0 bridgehead atoms. The van der Waals surface area contributed by atoms with Crippen LogP contribution in [0, 0.1) is 5.92 Å². The summed E-state index contributed by atoms with van der Waals surface area (Å²) in [6.45, 7) is 11.8. The Morgan fingerprint density at radius 1 is 1.29 bits per heavy atom. The average Bonchev–Trinajstić information content (AvgIpc) is 2.44. The standard InChI is InChI=1S/C15H32N4S.HI/c1-6-16-14(18-12-15(2,3)20-5)17-11-13-7-9-19(4)10-8-13;/h13H,6-12H2,1-5H3,(H2,16,17,18);1H. The SMILES string of the molecule is CCNC(=NCC(C)(C)SC)NCC1CCN(C)CC1.I. The summed E-state index contributed by atoms with van der Waals surface area (Å²) >= 11 is 1.87. The number of likely N-dealkylation sites (tertiary alicyclic amines) is 1. The van der Waals surface area contributed by atoms with Crippen molar-refractivity contribution in [2.75, 3.05) is 46.0 Å². The monoisotopic (exact) mass is 428 g/mol. The van der Waals surface area contributed by atoms with Gasteiger partial charge in [-0.05, 0) is 65.9 Å². The van der Waals surface area contributed by atoms with E-state index >= 15 is 0 Å². The lowest BCUT2D eigenvalue weighted by Gasteiger charge is -2.29. The van der Waals surface area contributed by atoms with Gasteiger partial charge in [0.15, 0.2) is 5.96 Å². The fourth-order valence-electron chi connectivity index (χ4n) is 2.18. The molecule has 21 heavy (non-hydrogen) atoms. The van der Waals surface area contributed by atoms with Crippen molar-refractivity contribution in [3.63, 3.8) is 0 Å².